The number of benzene rings is 1. The Labute approximate surface area is 124 Å². The van der Waals surface area contributed by atoms with E-state index in [0.29, 0.717) is 0 Å². The van der Waals surface area contributed by atoms with Gasteiger partial charge in [0.25, 0.3) is 0 Å². The maximum atomic E-state index is 3.97. The van der Waals surface area contributed by atoms with Gasteiger partial charge in [0.15, 0.2) is 0 Å². The summed E-state index contributed by atoms with van der Waals surface area (Å²) in [6, 6.07) is 12.7. The quantitative estimate of drug-likeness (QED) is 0.761. The fourth-order valence-corrected chi connectivity index (χ4v) is 4.10. The van der Waals surface area contributed by atoms with E-state index in [1.807, 2.05) is 0 Å². The highest BCUT2D eigenvalue weighted by molar-refractivity contribution is 5.20. The largest absolute Gasteiger partial charge is 0.311 e. The summed E-state index contributed by atoms with van der Waals surface area (Å²) in [6.07, 6.45) is 14.1. The molecule has 0 atom stereocenters. The molecule has 1 aromatic carbocycles. The van der Waals surface area contributed by atoms with Gasteiger partial charge in [-0.2, -0.15) is 0 Å². The highest BCUT2D eigenvalue weighted by atomic mass is 14.9. The van der Waals surface area contributed by atoms with Gasteiger partial charge in [0.05, 0.1) is 0 Å². The van der Waals surface area contributed by atoms with Crippen molar-refractivity contribution in [2.45, 2.75) is 82.2 Å². The lowest BCUT2D eigenvalue weighted by Crippen LogP contribution is -2.40. The van der Waals surface area contributed by atoms with Gasteiger partial charge in [-0.25, -0.2) is 0 Å². The molecule has 0 aliphatic heterocycles. The van der Waals surface area contributed by atoms with Crippen LogP contribution in [0.25, 0.3) is 0 Å². The summed E-state index contributed by atoms with van der Waals surface area (Å²) < 4.78 is 0. The minimum absolute atomic E-state index is 0.790. The van der Waals surface area contributed by atoms with Crippen LogP contribution in [0.15, 0.2) is 30.3 Å². The van der Waals surface area contributed by atoms with Crippen molar-refractivity contribution in [3.05, 3.63) is 35.9 Å². The Balaban J connectivity index is 1.46. The summed E-state index contributed by atoms with van der Waals surface area (Å²) in [5.41, 5.74) is 1.56. The molecule has 1 nitrogen and oxygen atoms in total. The van der Waals surface area contributed by atoms with Gasteiger partial charge in [0.1, 0.15) is 0 Å². The van der Waals surface area contributed by atoms with E-state index in [-0.39, 0.29) is 0 Å². The predicted octanol–water partition coefficient (Wildman–Crippen LogP) is 5.03. The number of hydrogen-bond donors (Lipinski definition) is 1. The van der Waals surface area contributed by atoms with Gasteiger partial charge < -0.3 is 5.32 Å². The normalized spacial score (nSPS) is 29.0. The fourth-order valence-electron chi connectivity index (χ4n) is 4.10. The molecule has 0 spiro atoms. The molecule has 1 aromatic rings. The molecule has 2 aliphatic carbocycles. The molecule has 0 saturated heterocycles. The average molecular weight is 271 g/mol. The van der Waals surface area contributed by atoms with Gasteiger partial charge in [-0.05, 0) is 50.0 Å². The van der Waals surface area contributed by atoms with Crippen LogP contribution in [-0.2, 0) is 0 Å². The number of nitrogens with one attached hydrogen (secondary N) is 1. The highest BCUT2D eigenvalue weighted by Crippen LogP contribution is 2.33. The van der Waals surface area contributed by atoms with E-state index in [1.165, 1.54) is 64.2 Å². The molecule has 3 rings (SSSR count). The Hall–Kier alpha value is -0.820. The fraction of sp³-hybridized carbons (Fsp3) is 0.684. The highest BCUT2D eigenvalue weighted by Gasteiger charge is 2.24. The first-order valence-electron chi connectivity index (χ1n) is 8.73. The summed E-state index contributed by atoms with van der Waals surface area (Å²) in [5.74, 6) is 0.809. The zero-order chi connectivity index (χ0) is 13.6. The van der Waals surface area contributed by atoms with Crippen LogP contribution in [0.2, 0.25) is 0 Å². The molecule has 20 heavy (non-hydrogen) atoms. The molecule has 1 N–H and O–H groups in total. The van der Waals surface area contributed by atoms with Gasteiger partial charge in [0, 0.05) is 12.1 Å². The van der Waals surface area contributed by atoms with Crippen LogP contribution in [-0.4, -0.2) is 12.1 Å². The molecule has 2 saturated carbocycles. The Morgan fingerprint density at radius 1 is 0.650 bits per heavy atom. The summed E-state index contributed by atoms with van der Waals surface area (Å²) in [6.45, 7) is 0. The SMILES string of the molecule is c1ccc(C2CCC(NC3CCCCCC3)CC2)cc1. The molecular weight excluding hydrogens is 242 g/mol. The van der Waals surface area contributed by atoms with E-state index in [9.17, 15) is 0 Å². The first-order chi connectivity index (χ1) is 9.92. The molecule has 2 aliphatic rings. The van der Waals surface area contributed by atoms with Crippen LogP contribution < -0.4 is 5.32 Å². The third kappa shape index (κ3) is 3.85. The van der Waals surface area contributed by atoms with E-state index < -0.39 is 0 Å². The van der Waals surface area contributed by atoms with Crippen molar-refractivity contribution in [1.29, 1.82) is 0 Å². The maximum Gasteiger partial charge on any atom is 0.00700 e. The minimum atomic E-state index is 0.790. The molecule has 1 heteroatoms. The summed E-state index contributed by atoms with van der Waals surface area (Å²) >= 11 is 0. The van der Waals surface area contributed by atoms with Gasteiger partial charge in [-0.3, -0.25) is 0 Å². The summed E-state index contributed by atoms with van der Waals surface area (Å²) in [5, 5.41) is 3.97. The molecule has 110 valence electrons. The van der Waals surface area contributed by atoms with Crippen molar-refractivity contribution in [1.82, 2.24) is 5.32 Å². The molecule has 2 fully saturated rings. The number of hydrogen-bond acceptors (Lipinski definition) is 1. The molecule has 0 unspecified atom stereocenters. The van der Waals surface area contributed by atoms with E-state index in [2.05, 4.69) is 35.6 Å². The van der Waals surface area contributed by atoms with Crippen molar-refractivity contribution in [2.75, 3.05) is 0 Å². The Morgan fingerprint density at radius 3 is 1.90 bits per heavy atom. The second kappa shape index (κ2) is 7.26. The topological polar surface area (TPSA) is 12.0 Å². The van der Waals surface area contributed by atoms with Crippen molar-refractivity contribution >= 4 is 0 Å². The molecule has 0 aromatic heterocycles. The molecule has 0 radical (unpaired) electrons. The smallest absolute Gasteiger partial charge is 0.00700 e. The second-order valence-corrected chi connectivity index (χ2v) is 6.81. The van der Waals surface area contributed by atoms with Crippen molar-refractivity contribution < 1.29 is 0 Å². The van der Waals surface area contributed by atoms with Gasteiger partial charge >= 0.3 is 0 Å². The standard InChI is InChI=1S/C19H29N/c1-2-7-11-18(10-6-1)20-19-14-12-17(13-15-19)16-8-4-3-5-9-16/h3-5,8-9,17-20H,1-2,6-7,10-15H2. The monoisotopic (exact) mass is 271 g/mol. The average Bonchev–Trinajstić information content (AvgIpc) is 2.78. The maximum absolute atomic E-state index is 3.97. The Bertz CT molecular complexity index is 370. The lowest BCUT2D eigenvalue weighted by atomic mass is 9.81. The molecule has 0 amide bonds. The number of rotatable bonds is 3. The van der Waals surface area contributed by atoms with Crippen LogP contribution in [0.3, 0.4) is 0 Å². The van der Waals surface area contributed by atoms with Gasteiger partial charge in [0.2, 0.25) is 0 Å². The van der Waals surface area contributed by atoms with Crippen LogP contribution in [0.5, 0.6) is 0 Å². The molecular formula is C19H29N. The van der Waals surface area contributed by atoms with Crippen LogP contribution in [0.1, 0.15) is 75.7 Å². The minimum Gasteiger partial charge on any atom is -0.311 e. The van der Waals surface area contributed by atoms with Gasteiger partial charge in [-0.15, -0.1) is 0 Å². The zero-order valence-electron chi connectivity index (χ0n) is 12.7. The van der Waals surface area contributed by atoms with E-state index >= 15 is 0 Å². The lowest BCUT2D eigenvalue weighted by Gasteiger charge is -2.32. The summed E-state index contributed by atoms with van der Waals surface area (Å²) in [4.78, 5) is 0. The Kier molecular flexibility index (Phi) is 5.13. The third-order valence-electron chi connectivity index (χ3n) is 5.32. The third-order valence-corrected chi connectivity index (χ3v) is 5.32. The van der Waals surface area contributed by atoms with Crippen LogP contribution >= 0.6 is 0 Å². The van der Waals surface area contributed by atoms with Crippen LogP contribution in [0.4, 0.5) is 0 Å². The molecule has 0 bridgehead atoms. The van der Waals surface area contributed by atoms with Gasteiger partial charge in [-0.1, -0.05) is 56.0 Å². The lowest BCUT2D eigenvalue weighted by molar-refractivity contribution is 0.301. The molecule has 0 heterocycles. The van der Waals surface area contributed by atoms with E-state index in [4.69, 9.17) is 0 Å². The van der Waals surface area contributed by atoms with Crippen molar-refractivity contribution in [2.24, 2.45) is 0 Å². The van der Waals surface area contributed by atoms with Crippen molar-refractivity contribution in [3.63, 3.8) is 0 Å². The predicted molar refractivity (Wildman–Crippen MR) is 86.1 cm³/mol. The summed E-state index contributed by atoms with van der Waals surface area (Å²) in [7, 11) is 0. The van der Waals surface area contributed by atoms with E-state index in [0.717, 1.165) is 18.0 Å². The first kappa shape index (κ1) is 14.1. The van der Waals surface area contributed by atoms with E-state index in [1.54, 1.807) is 5.56 Å². The van der Waals surface area contributed by atoms with Crippen LogP contribution in [0, 0.1) is 0 Å². The van der Waals surface area contributed by atoms with Crippen molar-refractivity contribution in [3.8, 4) is 0 Å². The zero-order valence-corrected chi connectivity index (χ0v) is 12.7. The first-order valence-corrected chi connectivity index (χ1v) is 8.73. The second-order valence-electron chi connectivity index (χ2n) is 6.81. The Morgan fingerprint density at radius 2 is 1.25 bits per heavy atom.